The van der Waals surface area contributed by atoms with Crippen molar-refractivity contribution in [3.63, 3.8) is 0 Å². The molecule has 19 heavy (non-hydrogen) atoms. The van der Waals surface area contributed by atoms with Crippen LogP contribution in [0.25, 0.3) is 22.8 Å². The van der Waals surface area contributed by atoms with Crippen molar-refractivity contribution in [2.75, 3.05) is 5.73 Å². The van der Waals surface area contributed by atoms with Crippen molar-refractivity contribution in [2.45, 2.75) is 0 Å². The van der Waals surface area contributed by atoms with E-state index in [0.29, 0.717) is 22.9 Å². The van der Waals surface area contributed by atoms with Crippen LogP contribution in [0.2, 0.25) is 0 Å². The van der Waals surface area contributed by atoms with Crippen molar-refractivity contribution in [3.05, 3.63) is 54.3 Å². The fraction of sp³-hybridized carbons (Fsp3) is 0. The number of nitrogens with zero attached hydrogens (tertiary/aromatic N) is 2. The Labute approximate surface area is 109 Å². The largest absolute Gasteiger partial charge is 0.399 e. The number of nitrogens with two attached hydrogens (primary N) is 1. The molecule has 0 spiro atoms. The summed E-state index contributed by atoms with van der Waals surface area (Å²) in [4.78, 5) is 4.29. The topological polar surface area (TPSA) is 67.6 Å². The first-order valence-corrected chi connectivity index (χ1v) is 5.77. The van der Waals surface area contributed by atoms with Gasteiger partial charge in [-0.05, 0) is 24.3 Å². The second kappa shape index (κ2) is 4.53. The van der Waals surface area contributed by atoms with Crippen LogP contribution in [0.5, 0.6) is 0 Å². The molecule has 0 radical (unpaired) electrons. The van der Waals surface area contributed by atoms with Crippen LogP contribution in [-0.4, -0.2) is 15.2 Å². The smallest absolute Gasteiger partial charge is 0.181 e. The summed E-state index contributed by atoms with van der Waals surface area (Å²) in [5.41, 5.74) is 7.53. The fourth-order valence-corrected chi connectivity index (χ4v) is 1.84. The van der Waals surface area contributed by atoms with Gasteiger partial charge in [0.15, 0.2) is 11.6 Å². The summed E-state index contributed by atoms with van der Waals surface area (Å²) in [6.45, 7) is 0. The number of hydrogen-bond acceptors (Lipinski definition) is 3. The van der Waals surface area contributed by atoms with Gasteiger partial charge in [-0.3, -0.25) is 5.10 Å². The summed E-state index contributed by atoms with van der Waals surface area (Å²) in [7, 11) is 0. The van der Waals surface area contributed by atoms with E-state index in [0.717, 1.165) is 5.56 Å². The highest BCUT2D eigenvalue weighted by molar-refractivity contribution is 5.64. The first-order chi connectivity index (χ1) is 9.24. The molecule has 3 N–H and O–H groups in total. The summed E-state index contributed by atoms with van der Waals surface area (Å²) < 4.78 is 13.6. The van der Waals surface area contributed by atoms with Gasteiger partial charge >= 0.3 is 0 Å². The number of H-pyrrole nitrogens is 1. The Morgan fingerprint density at radius 2 is 1.89 bits per heavy atom. The Morgan fingerprint density at radius 1 is 1.05 bits per heavy atom. The molecule has 0 saturated carbocycles. The molecule has 5 heteroatoms. The molecule has 3 aromatic rings. The minimum atomic E-state index is -0.335. The molecule has 1 heterocycles. The molecule has 0 unspecified atom stereocenters. The number of hydrogen-bond donors (Lipinski definition) is 2. The van der Waals surface area contributed by atoms with Gasteiger partial charge < -0.3 is 5.73 Å². The first-order valence-electron chi connectivity index (χ1n) is 5.77. The standard InChI is InChI=1S/C14H11FN4/c15-12-7-2-1-6-11(12)14-17-13(18-19-14)9-4-3-5-10(16)8-9/h1-8H,16H2,(H,17,18,19). The van der Waals surface area contributed by atoms with Crippen molar-refractivity contribution in [2.24, 2.45) is 0 Å². The number of nitrogen functional groups attached to an aromatic ring is 1. The van der Waals surface area contributed by atoms with Crippen molar-refractivity contribution in [1.29, 1.82) is 0 Å². The molecule has 0 bridgehead atoms. The van der Waals surface area contributed by atoms with Crippen LogP contribution in [0.1, 0.15) is 0 Å². The molecule has 0 aliphatic carbocycles. The summed E-state index contributed by atoms with van der Waals surface area (Å²) in [5.74, 6) is 0.554. The van der Waals surface area contributed by atoms with Gasteiger partial charge in [-0.2, -0.15) is 5.10 Å². The number of benzene rings is 2. The van der Waals surface area contributed by atoms with Crippen LogP contribution in [0, 0.1) is 5.82 Å². The molecule has 0 amide bonds. The van der Waals surface area contributed by atoms with Crippen LogP contribution >= 0.6 is 0 Å². The van der Waals surface area contributed by atoms with Gasteiger partial charge in [-0.1, -0.05) is 24.3 Å². The Bertz CT molecular complexity index is 721. The number of aromatic amines is 1. The zero-order valence-corrected chi connectivity index (χ0v) is 9.97. The minimum absolute atomic E-state index is 0.335. The third kappa shape index (κ3) is 2.18. The first kappa shape index (κ1) is 11.4. The van der Waals surface area contributed by atoms with E-state index >= 15 is 0 Å². The van der Waals surface area contributed by atoms with Crippen molar-refractivity contribution in [3.8, 4) is 22.8 Å². The molecule has 4 nitrogen and oxygen atoms in total. The SMILES string of the molecule is Nc1cccc(-c2n[nH]c(-c3ccccc3F)n2)c1. The van der Waals surface area contributed by atoms with Crippen molar-refractivity contribution >= 4 is 5.69 Å². The molecule has 3 rings (SSSR count). The van der Waals surface area contributed by atoms with Gasteiger partial charge in [0.1, 0.15) is 5.82 Å². The zero-order valence-electron chi connectivity index (χ0n) is 9.97. The Balaban J connectivity index is 2.03. The van der Waals surface area contributed by atoms with E-state index in [1.807, 2.05) is 12.1 Å². The molecule has 0 aliphatic heterocycles. The van der Waals surface area contributed by atoms with E-state index in [2.05, 4.69) is 15.2 Å². The number of aromatic nitrogens is 3. The number of anilines is 1. The number of nitrogens with one attached hydrogen (secondary N) is 1. The van der Waals surface area contributed by atoms with E-state index in [4.69, 9.17) is 5.73 Å². The highest BCUT2D eigenvalue weighted by Crippen LogP contribution is 2.22. The van der Waals surface area contributed by atoms with Crippen LogP contribution in [0.4, 0.5) is 10.1 Å². The Hall–Kier alpha value is -2.69. The summed E-state index contributed by atoms with van der Waals surface area (Å²) in [6.07, 6.45) is 0. The molecule has 0 fully saturated rings. The highest BCUT2D eigenvalue weighted by atomic mass is 19.1. The van der Waals surface area contributed by atoms with Gasteiger partial charge in [-0.15, -0.1) is 0 Å². The number of halogens is 1. The van der Waals surface area contributed by atoms with Crippen LogP contribution < -0.4 is 5.73 Å². The van der Waals surface area contributed by atoms with E-state index < -0.39 is 0 Å². The van der Waals surface area contributed by atoms with Crippen molar-refractivity contribution in [1.82, 2.24) is 15.2 Å². The summed E-state index contributed by atoms with van der Waals surface area (Å²) >= 11 is 0. The normalized spacial score (nSPS) is 10.6. The van der Waals surface area contributed by atoms with Gasteiger partial charge in [0.05, 0.1) is 5.56 Å². The molecule has 0 atom stereocenters. The van der Waals surface area contributed by atoms with Gasteiger partial charge in [-0.25, -0.2) is 9.37 Å². The molecular weight excluding hydrogens is 243 g/mol. The maximum Gasteiger partial charge on any atom is 0.181 e. The van der Waals surface area contributed by atoms with E-state index in [1.165, 1.54) is 6.07 Å². The number of rotatable bonds is 2. The van der Waals surface area contributed by atoms with Crippen LogP contribution in [0.3, 0.4) is 0 Å². The lowest BCUT2D eigenvalue weighted by Gasteiger charge is -1.97. The van der Waals surface area contributed by atoms with Gasteiger partial charge in [0.25, 0.3) is 0 Å². The summed E-state index contributed by atoms with van der Waals surface area (Å²) in [6, 6.07) is 13.7. The maximum atomic E-state index is 13.6. The van der Waals surface area contributed by atoms with Crippen LogP contribution in [0.15, 0.2) is 48.5 Å². The zero-order chi connectivity index (χ0) is 13.2. The minimum Gasteiger partial charge on any atom is -0.399 e. The maximum absolute atomic E-state index is 13.6. The van der Waals surface area contributed by atoms with Gasteiger partial charge in [0, 0.05) is 11.3 Å². The molecule has 0 aliphatic rings. The second-order valence-corrected chi connectivity index (χ2v) is 4.11. The Morgan fingerprint density at radius 3 is 2.68 bits per heavy atom. The van der Waals surface area contributed by atoms with E-state index in [1.54, 1.807) is 30.3 Å². The Kier molecular flexibility index (Phi) is 2.72. The highest BCUT2D eigenvalue weighted by Gasteiger charge is 2.10. The lowest BCUT2D eigenvalue weighted by atomic mass is 10.2. The predicted molar refractivity (Wildman–Crippen MR) is 71.6 cm³/mol. The fourth-order valence-electron chi connectivity index (χ4n) is 1.84. The van der Waals surface area contributed by atoms with E-state index in [9.17, 15) is 4.39 Å². The van der Waals surface area contributed by atoms with Crippen LogP contribution in [-0.2, 0) is 0 Å². The third-order valence-electron chi connectivity index (χ3n) is 2.76. The monoisotopic (exact) mass is 254 g/mol. The van der Waals surface area contributed by atoms with Gasteiger partial charge in [0.2, 0.25) is 0 Å². The molecule has 2 aromatic carbocycles. The molecular formula is C14H11FN4. The molecule has 94 valence electrons. The summed E-state index contributed by atoms with van der Waals surface area (Å²) in [5, 5.41) is 6.83. The third-order valence-corrected chi connectivity index (χ3v) is 2.76. The predicted octanol–water partition coefficient (Wildman–Crippen LogP) is 2.86. The average molecular weight is 254 g/mol. The lowest BCUT2D eigenvalue weighted by molar-refractivity contribution is 0.630. The molecule has 1 aromatic heterocycles. The quantitative estimate of drug-likeness (QED) is 0.691. The van der Waals surface area contributed by atoms with E-state index in [-0.39, 0.29) is 5.82 Å². The second-order valence-electron chi connectivity index (χ2n) is 4.11. The van der Waals surface area contributed by atoms with Crippen molar-refractivity contribution < 1.29 is 4.39 Å². The molecule has 0 saturated heterocycles. The average Bonchev–Trinajstić information content (AvgIpc) is 2.89. The lowest BCUT2D eigenvalue weighted by Crippen LogP contribution is -1.87.